The van der Waals surface area contributed by atoms with Crippen LogP contribution < -0.4 is 10.6 Å². The normalized spacial score (nSPS) is 14.6. The van der Waals surface area contributed by atoms with Gasteiger partial charge in [-0.3, -0.25) is 4.79 Å². The van der Waals surface area contributed by atoms with Crippen LogP contribution in [0.5, 0.6) is 0 Å². The van der Waals surface area contributed by atoms with Gasteiger partial charge in [0.15, 0.2) is 5.13 Å². The molecule has 1 aliphatic carbocycles. The molecule has 1 aromatic rings. The molecule has 0 aromatic carbocycles. The first-order chi connectivity index (χ1) is 8.52. The van der Waals surface area contributed by atoms with E-state index in [1.54, 1.807) is 4.90 Å². The lowest BCUT2D eigenvalue weighted by atomic mass is 10.3. The lowest BCUT2D eigenvalue weighted by Gasteiger charge is -2.15. The first-order valence-electron chi connectivity index (χ1n) is 6.25. The Morgan fingerprint density at radius 2 is 2.17 bits per heavy atom. The van der Waals surface area contributed by atoms with Crippen molar-refractivity contribution in [2.75, 3.05) is 37.8 Å². The Morgan fingerprint density at radius 3 is 2.72 bits per heavy atom. The number of nitrogens with two attached hydrogens (primary N) is 1. The van der Waals surface area contributed by atoms with Crippen LogP contribution >= 0.6 is 11.3 Å². The molecule has 1 aromatic heterocycles. The van der Waals surface area contributed by atoms with Crippen molar-refractivity contribution in [3.8, 4) is 0 Å². The van der Waals surface area contributed by atoms with E-state index < -0.39 is 0 Å². The Balaban J connectivity index is 2.11. The molecule has 0 bridgehead atoms. The minimum atomic E-state index is -0.00680. The summed E-state index contributed by atoms with van der Waals surface area (Å²) in [6, 6.07) is 0. The van der Waals surface area contributed by atoms with Crippen LogP contribution in [0.1, 0.15) is 29.4 Å². The molecule has 1 heterocycles. The van der Waals surface area contributed by atoms with Gasteiger partial charge in [0.05, 0.1) is 0 Å². The van der Waals surface area contributed by atoms with Crippen LogP contribution in [0.25, 0.3) is 0 Å². The van der Waals surface area contributed by atoms with Gasteiger partial charge in [-0.15, -0.1) is 0 Å². The number of nitrogen functional groups attached to an aromatic ring is 1. The quantitative estimate of drug-likeness (QED) is 0.882. The van der Waals surface area contributed by atoms with Gasteiger partial charge in [0.1, 0.15) is 10.7 Å². The topological polar surface area (TPSA) is 62.5 Å². The maximum Gasteiger partial charge on any atom is 0.267 e. The molecule has 0 radical (unpaired) electrons. The molecule has 2 rings (SSSR count). The van der Waals surface area contributed by atoms with Crippen molar-refractivity contribution >= 4 is 28.2 Å². The predicted molar refractivity (Wildman–Crippen MR) is 75.2 cm³/mol. The number of carbonyl (C=O) groups is 1. The van der Waals surface area contributed by atoms with Crippen molar-refractivity contribution in [2.45, 2.75) is 19.8 Å². The van der Waals surface area contributed by atoms with E-state index in [0.717, 1.165) is 18.2 Å². The zero-order chi connectivity index (χ0) is 13.3. The number of thiazole rings is 1. The molecule has 6 heteroatoms. The molecule has 0 aliphatic heterocycles. The maximum absolute atomic E-state index is 12.3. The number of carbonyl (C=O) groups excluding carboxylic acids is 1. The second-order valence-corrected chi connectivity index (χ2v) is 5.83. The van der Waals surface area contributed by atoms with Crippen LogP contribution in [-0.2, 0) is 0 Å². The van der Waals surface area contributed by atoms with E-state index in [9.17, 15) is 4.79 Å². The van der Waals surface area contributed by atoms with E-state index in [1.807, 2.05) is 25.9 Å². The fourth-order valence-corrected chi connectivity index (χ4v) is 2.72. The van der Waals surface area contributed by atoms with Gasteiger partial charge >= 0.3 is 0 Å². The van der Waals surface area contributed by atoms with Crippen LogP contribution in [0.4, 0.5) is 10.9 Å². The zero-order valence-electron chi connectivity index (χ0n) is 11.1. The number of hydrogen-bond donors (Lipinski definition) is 1. The highest BCUT2D eigenvalue weighted by Gasteiger charge is 2.27. The van der Waals surface area contributed by atoms with Crippen LogP contribution in [0.2, 0.25) is 0 Å². The SMILES string of the molecule is CCN(C)c1nc(N)c(C(=O)N(C)CC2CC2)s1. The molecule has 1 saturated carbocycles. The van der Waals surface area contributed by atoms with Crippen molar-refractivity contribution in [3.05, 3.63) is 4.88 Å². The Bertz CT molecular complexity index is 441. The number of nitrogens with zero attached hydrogens (tertiary/aromatic N) is 3. The summed E-state index contributed by atoms with van der Waals surface area (Å²) >= 11 is 1.37. The molecule has 100 valence electrons. The van der Waals surface area contributed by atoms with Gasteiger partial charge in [-0.05, 0) is 25.7 Å². The number of aromatic nitrogens is 1. The third-order valence-electron chi connectivity index (χ3n) is 3.21. The van der Waals surface area contributed by atoms with E-state index in [1.165, 1.54) is 24.2 Å². The van der Waals surface area contributed by atoms with Gasteiger partial charge in [0.2, 0.25) is 0 Å². The zero-order valence-corrected chi connectivity index (χ0v) is 12.0. The summed E-state index contributed by atoms with van der Waals surface area (Å²) in [5.41, 5.74) is 5.84. The monoisotopic (exact) mass is 268 g/mol. The molecule has 0 unspecified atom stereocenters. The summed E-state index contributed by atoms with van der Waals surface area (Å²) in [7, 11) is 3.78. The van der Waals surface area contributed by atoms with Crippen molar-refractivity contribution in [1.29, 1.82) is 0 Å². The molecule has 1 aliphatic rings. The Kier molecular flexibility index (Phi) is 3.75. The van der Waals surface area contributed by atoms with Gasteiger partial charge in [-0.25, -0.2) is 4.98 Å². The second-order valence-electron chi connectivity index (χ2n) is 4.85. The van der Waals surface area contributed by atoms with Crippen LogP contribution in [0, 0.1) is 5.92 Å². The highest BCUT2D eigenvalue weighted by molar-refractivity contribution is 7.18. The molecular formula is C12H20N4OS. The summed E-state index contributed by atoms with van der Waals surface area (Å²) in [6.45, 7) is 3.71. The molecule has 0 saturated heterocycles. The van der Waals surface area contributed by atoms with Crippen LogP contribution in [0.3, 0.4) is 0 Å². The lowest BCUT2D eigenvalue weighted by Crippen LogP contribution is -2.28. The van der Waals surface area contributed by atoms with E-state index in [2.05, 4.69) is 4.98 Å². The molecule has 0 spiro atoms. The fraction of sp³-hybridized carbons (Fsp3) is 0.667. The van der Waals surface area contributed by atoms with E-state index >= 15 is 0 Å². The van der Waals surface area contributed by atoms with Gasteiger partial charge in [-0.2, -0.15) is 0 Å². The summed E-state index contributed by atoms with van der Waals surface area (Å²) in [5, 5.41) is 0.804. The van der Waals surface area contributed by atoms with E-state index in [0.29, 0.717) is 16.6 Å². The average molecular weight is 268 g/mol. The third-order valence-corrected chi connectivity index (χ3v) is 4.39. The summed E-state index contributed by atoms with van der Waals surface area (Å²) in [5.74, 6) is 1.03. The minimum Gasteiger partial charge on any atom is -0.382 e. The van der Waals surface area contributed by atoms with Gasteiger partial charge < -0.3 is 15.5 Å². The van der Waals surface area contributed by atoms with Crippen molar-refractivity contribution in [3.63, 3.8) is 0 Å². The van der Waals surface area contributed by atoms with Crippen LogP contribution in [-0.4, -0.2) is 43.0 Å². The van der Waals surface area contributed by atoms with E-state index in [4.69, 9.17) is 5.73 Å². The number of anilines is 2. The molecule has 2 N–H and O–H groups in total. The molecular weight excluding hydrogens is 248 g/mol. The maximum atomic E-state index is 12.3. The van der Waals surface area contributed by atoms with Crippen molar-refractivity contribution in [1.82, 2.24) is 9.88 Å². The van der Waals surface area contributed by atoms with Crippen molar-refractivity contribution < 1.29 is 4.79 Å². The minimum absolute atomic E-state index is 0.00680. The standard InChI is InChI=1S/C12H20N4OS/c1-4-15(2)12-14-10(13)9(18-12)11(17)16(3)7-8-5-6-8/h8H,4-7,13H2,1-3H3. The number of rotatable bonds is 5. The molecule has 18 heavy (non-hydrogen) atoms. The average Bonchev–Trinajstić information content (AvgIpc) is 3.08. The van der Waals surface area contributed by atoms with E-state index in [-0.39, 0.29) is 5.91 Å². The highest BCUT2D eigenvalue weighted by atomic mass is 32.1. The molecule has 5 nitrogen and oxygen atoms in total. The van der Waals surface area contributed by atoms with Gasteiger partial charge in [0, 0.05) is 27.2 Å². The largest absolute Gasteiger partial charge is 0.382 e. The summed E-state index contributed by atoms with van der Waals surface area (Å²) < 4.78 is 0. The first-order valence-corrected chi connectivity index (χ1v) is 7.07. The highest BCUT2D eigenvalue weighted by Crippen LogP contribution is 2.32. The fourth-order valence-electron chi connectivity index (χ4n) is 1.72. The first kappa shape index (κ1) is 13.1. The lowest BCUT2D eigenvalue weighted by molar-refractivity contribution is 0.0794. The summed E-state index contributed by atoms with van der Waals surface area (Å²) in [6.07, 6.45) is 2.47. The van der Waals surface area contributed by atoms with Gasteiger partial charge in [-0.1, -0.05) is 11.3 Å². The van der Waals surface area contributed by atoms with Crippen molar-refractivity contribution in [2.24, 2.45) is 5.92 Å². The smallest absolute Gasteiger partial charge is 0.267 e. The molecule has 0 atom stereocenters. The number of hydrogen-bond acceptors (Lipinski definition) is 5. The third kappa shape index (κ3) is 2.75. The van der Waals surface area contributed by atoms with Crippen LogP contribution in [0.15, 0.2) is 0 Å². The van der Waals surface area contributed by atoms with Gasteiger partial charge in [0.25, 0.3) is 5.91 Å². The Hall–Kier alpha value is -1.30. The predicted octanol–water partition coefficient (Wildman–Crippen LogP) is 1.66. The molecule has 1 fully saturated rings. The Morgan fingerprint density at radius 1 is 1.50 bits per heavy atom. The second kappa shape index (κ2) is 5.14. The summed E-state index contributed by atoms with van der Waals surface area (Å²) in [4.78, 5) is 20.8. The number of amides is 1. The Labute approximate surface area is 112 Å². The molecule has 1 amide bonds.